The standard InChI is InChI=1S/C15H14ClFN2OS/c16-13-7-6-11(10-14(13)17)19-15(20)18-8-9-21-12-4-2-1-3-5-12/h1-7,10H,8-9H2,(H2,18,19,20). The predicted molar refractivity (Wildman–Crippen MR) is 85.6 cm³/mol. The quantitative estimate of drug-likeness (QED) is 0.632. The van der Waals surface area contributed by atoms with E-state index in [4.69, 9.17) is 11.6 Å². The fraction of sp³-hybridized carbons (Fsp3) is 0.133. The van der Waals surface area contributed by atoms with Crippen LogP contribution < -0.4 is 10.6 Å². The molecule has 2 aromatic rings. The second-order valence-electron chi connectivity index (χ2n) is 4.17. The number of rotatable bonds is 5. The molecule has 2 aromatic carbocycles. The number of hydrogen-bond donors (Lipinski definition) is 2. The van der Waals surface area contributed by atoms with Gasteiger partial charge in [0.1, 0.15) is 5.82 Å². The Morgan fingerprint density at radius 3 is 2.67 bits per heavy atom. The maximum Gasteiger partial charge on any atom is 0.319 e. The molecule has 0 fully saturated rings. The number of carbonyl (C=O) groups excluding carboxylic acids is 1. The monoisotopic (exact) mass is 324 g/mol. The van der Waals surface area contributed by atoms with E-state index in [2.05, 4.69) is 10.6 Å². The van der Waals surface area contributed by atoms with Crippen LogP contribution in [0.1, 0.15) is 0 Å². The zero-order valence-corrected chi connectivity index (χ0v) is 12.7. The van der Waals surface area contributed by atoms with Gasteiger partial charge in [-0.1, -0.05) is 29.8 Å². The zero-order chi connectivity index (χ0) is 15.1. The molecule has 21 heavy (non-hydrogen) atoms. The van der Waals surface area contributed by atoms with Crippen LogP contribution in [0.4, 0.5) is 14.9 Å². The van der Waals surface area contributed by atoms with Crippen molar-refractivity contribution in [2.24, 2.45) is 0 Å². The topological polar surface area (TPSA) is 41.1 Å². The van der Waals surface area contributed by atoms with Crippen LogP contribution in [-0.2, 0) is 0 Å². The highest BCUT2D eigenvalue weighted by Crippen LogP contribution is 2.18. The van der Waals surface area contributed by atoms with Gasteiger partial charge in [-0.25, -0.2) is 9.18 Å². The van der Waals surface area contributed by atoms with Crippen molar-refractivity contribution in [1.82, 2.24) is 5.32 Å². The molecular weight excluding hydrogens is 311 g/mol. The van der Waals surface area contributed by atoms with Crippen LogP contribution in [0, 0.1) is 5.82 Å². The lowest BCUT2D eigenvalue weighted by Gasteiger charge is -2.08. The van der Waals surface area contributed by atoms with Crippen LogP contribution in [0.3, 0.4) is 0 Å². The first-order valence-electron chi connectivity index (χ1n) is 6.33. The third-order valence-corrected chi connectivity index (χ3v) is 3.90. The number of hydrogen-bond acceptors (Lipinski definition) is 2. The third kappa shape index (κ3) is 5.28. The van der Waals surface area contributed by atoms with Crippen molar-refractivity contribution in [3.63, 3.8) is 0 Å². The molecule has 110 valence electrons. The number of urea groups is 1. The summed E-state index contributed by atoms with van der Waals surface area (Å²) in [6.45, 7) is 0.515. The molecular formula is C15H14ClFN2OS. The Kier molecular flexibility index (Phi) is 5.90. The Labute approximate surface area is 131 Å². The highest BCUT2D eigenvalue weighted by Gasteiger charge is 2.04. The molecule has 0 atom stereocenters. The summed E-state index contributed by atoms with van der Waals surface area (Å²) in [7, 11) is 0. The van der Waals surface area contributed by atoms with Crippen LogP contribution in [-0.4, -0.2) is 18.3 Å². The number of benzene rings is 2. The summed E-state index contributed by atoms with van der Waals surface area (Å²) in [5.74, 6) is 0.195. The van der Waals surface area contributed by atoms with Gasteiger partial charge in [0, 0.05) is 22.9 Å². The molecule has 2 rings (SSSR count). The van der Waals surface area contributed by atoms with E-state index in [1.54, 1.807) is 17.8 Å². The van der Waals surface area contributed by atoms with Crippen molar-refractivity contribution in [2.75, 3.05) is 17.6 Å². The number of halogens is 2. The average molecular weight is 325 g/mol. The van der Waals surface area contributed by atoms with Crippen LogP contribution >= 0.6 is 23.4 Å². The molecule has 6 heteroatoms. The van der Waals surface area contributed by atoms with E-state index in [0.29, 0.717) is 12.2 Å². The highest BCUT2D eigenvalue weighted by molar-refractivity contribution is 7.99. The van der Waals surface area contributed by atoms with Crippen molar-refractivity contribution in [2.45, 2.75) is 4.90 Å². The number of thioether (sulfide) groups is 1. The molecule has 0 saturated heterocycles. The van der Waals surface area contributed by atoms with E-state index in [1.807, 2.05) is 30.3 Å². The summed E-state index contributed by atoms with van der Waals surface area (Å²) in [5.41, 5.74) is 0.366. The second kappa shape index (κ2) is 7.90. The molecule has 0 heterocycles. The molecule has 3 nitrogen and oxygen atoms in total. The van der Waals surface area contributed by atoms with Crippen molar-refractivity contribution >= 4 is 35.1 Å². The number of carbonyl (C=O) groups is 1. The van der Waals surface area contributed by atoms with Crippen LogP contribution in [0.25, 0.3) is 0 Å². The molecule has 0 aliphatic rings. The fourth-order valence-corrected chi connectivity index (χ4v) is 2.51. The minimum atomic E-state index is -0.561. The molecule has 0 saturated carbocycles. The maximum absolute atomic E-state index is 13.2. The summed E-state index contributed by atoms with van der Waals surface area (Å²) < 4.78 is 13.2. The number of anilines is 1. The molecule has 0 bridgehead atoms. The van der Waals surface area contributed by atoms with Crippen LogP contribution in [0.5, 0.6) is 0 Å². The molecule has 0 unspecified atom stereocenters. The first-order valence-corrected chi connectivity index (χ1v) is 7.69. The van der Waals surface area contributed by atoms with E-state index in [1.165, 1.54) is 12.1 Å². The molecule has 0 radical (unpaired) electrons. The largest absolute Gasteiger partial charge is 0.337 e. The normalized spacial score (nSPS) is 10.2. The van der Waals surface area contributed by atoms with Gasteiger partial charge in [0.25, 0.3) is 0 Å². The van der Waals surface area contributed by atoms with Gasteiger partial charge >= 0.3 is 6.03 Å². The van der Waals surface area contributed by atoms with Gasteiger partial charge in [-0.3, -0.25) is 0 Å². The summed E-state index contributed by atoms with van der Waals surface area (Å²) in [5, 5.41) is 5.29. The molecule has 2 amide bonds. The first kappa shape index (κ1) is 15.7. The first-order chi connectivity index (χ1) is 10.1. The summed E-state index contributed by atoms with van der Waals surface area (Å²) in [4.78, 5) is 12.8. The summed E-state index contributed by atoms with van der Waals surface area (Å²) in [6.07, 6.45) is 0. The van der Waals surface area contributed by atoms with Crippen LogP contribution in [0.2, 0.25) is 5.02 Å². The second-order valence-corrected chi connectivity index (χ2v) is 5.75. The smallest absolute Gasteiger partial charge is 0.319 e. The van der Waals surface area contributed by atoms with Gasteiger partial charge in [-0.2, -0.15) is 0 Å². The third-order valence-electron chi connectivity index (χ3n) is 2.58. The lowest BCUT2D eigenvalue weighted by atomic mass is 10.3. The van der Waals surface area contributed by atoms with E-state index < -0.39 is 5.82 Å². The molecule has 0 spiro atoms. The van der Waals surface area contributed by atoms with E-state index >= 15 is 0 Å². The summed E-state index contributed by atoms with van der Waals surface area (Å²) >= 11 is 7.22. The van der Waals surface area contributed by atoms with Crippen molar-refractivity contribution in [3.05, 3.63) is 59.4 Å². The van der Waals surface area contributed by atoms with Crippen LogP contribution in [0.15, 0.2) is 53.4 Å². The zero-order valence-electron chi connectivity index (χ0n) is 11.1. The molecule has 0 aromatic heterocycles. The molecule has 0 aliphatic heterocycles. The van der Waals surface area contributed by atoms with Gasteiger partial charge in [-0.05, 0) is 30.3 Å². The Morgan fingerprint density at radius 2 is 1.95 bits per heavy atom. The average Bonchev–Trinajstić information content (AvgIpc) is 2.49. The minimum absolute atomic E-state index is 0.0280. The van der Waals surface area contributed by atoms with E-state index in [0.717, 1.165) is 10.6 Å². The van der Waals surface area contributed by atoms with Gasteiger partial charge in [0.15, 0.2) is 0 Å². The Bertz CT molecular complexity index is 610. The van der Waals surface area contributed by atoms with Gasteiger partial charge in [0.2, 0.25) is 0 Å². The van der Waals surface area contributed by atoms with Gasteiger partial charge in [-0.15, -0.1) is 11.8 Å². The van der Waals surface area contributed by atoms with Crippen molar-refractivity contribution < 1.29 is 9.18 Å². The fourth-order valence-electron chi connectivity index (χ4n) is 1.60. The highest BCUT2D eigenvalue weighted by atomic mass is 35.5. The van der Waals surface area contributed by atoms with E-state index in [-0.39, 0.29) is 11.1 Å². The lowest BCUT2D eigenvalue weighted by molar-refractivity contribution is 0.252. The van der Waals surface area contributed by atoms with Crippen molar-refractivity contribution in [1.29, 1.82) is 0 Å². The van der Waals surface area contributed by atoms with Gasteiger partial charge < -0.3 is 10.6 Å². The molecule has 0 aliphatic carbocycles. The number of amides is 2. The SMILES string of the molecule is O=C(NCCSc1ccccc1)Nc1ccc(Cl)c(F)c1. The van der Waals surface area contributed by atoms with Gasteiger partial charge in [0.05, 0.1) is 5.02 Å². The number of nitrogens with one attached hydrogen (secondary N) is 2. The maximum atomic E-state index is 13.2. The molecule has 2 N–H and O–H groups in total. The Hall–Kier alpha value is -1.72. The van der Waals surface area contributed by atoms with E-state index in [9.17, 15) is 9.18 Å². The minimum Gasteiger partial charge on any atom is -0.337 e. The van der Waals surface area contributed by atoms with Crippen molar-refractivity contribution in [3.8, 4) is 0 Å². The Balaban J connectivity index is 1.71. The predicted octanol–water partition coefficient (Wildman–Crippen LogP) is 4.39. The Morgan fingerprint density at radius 1 is 1.19 bits per heavy atom. The lowest BCUT2D eigenvalue weighted by Crippen LogP contribution is -2.30. The summed E-state index contributed by atoms with van der Waals surface area (Å²) in [6, 6.07) is 13.7.